The Balaban J connectivity index is 2.00. The maximum Gasteiger partial charge on any atom is 0.266 e. The van der Waals surface area contributed by atoms with Crippen molar-refractivity contribution in [3.63, 3.8) is 0 Å². The molecule has 0 N–H and O–H groups in total. The highest BCUT2D eigenvalue weighted by Gasteiger charge is 2.11. The molecule has 0 spiro atoms. The molecule has 23 heavy (non-hydrogen) atoms. The number of fused-ring (bicyclic) bond motifs is 3. The van der Waals surface area contributed by atoms with Gasteiger partial charge in [-0.25, -0.2) is 4.98 Å². The zero-order valence-corrected chi connectivity index (χ0v) is 13.4. The van der Waals surface area contributed by atoms with E-state index < -0.39 is 0 Å². The minimum Gasteiger partial charge on any atom is -0.284 e. The number of thioether (sulfide) groups is 1. The molecule has 0 atom stereocenters. The van der Waals surface area contributed by atoms with Gasteiger partial charge in [0.15, 0.2) is 0 Å². The van der Waals surface area contributed by atoms with E-state index >= 15 is 0 Å². The van der Waals surface area contributed by atoms with E-state index in [1.807, 2.05) is 43.5 Å². The predicted octanol–water partition coefficient (Wildman–Crippen LogP) is 2.46. The fourth-order valence-corrected chi connectivity index (χ4v) is 2.83. The van der Waals surface area contributed by atoms with Crippen molar-refractivity contribution in [3.05, 3.63) is 58.6 Å². The molecule has 0 saturated carbocycles. The zero-order valence-electron chi connectivity index (χ0n) is 12.6. The number of benzene rings is 1. The highest BCUT2D eigenvalue weighted by atomic mass is 32.2. The second-order valence-corrected chi connectivity index (χ2v) is 5.97. The van der Waals surface area contributed by atoms with Crippen LogP contribution >= 0.6 is 11.8 Å². The number of pyridine rings is 1. The van der Waals surface area contributed by atoms with Crippen LogP contribution in [0.4, 0.5) is 0 Å². The van der Waals surface area contributed by atoms with E-state index in [4.69, 9.17) is 0 Å². The summed E-state index contributed by atoms with van der Waals surface area (Å²) < 4.78 is 3.23. The number of aromatic nitrogens is 5. The van der Waals surface area contributed by atoms with Crippen LogP contribution in [0.5, 0.6) is 0 Å². The highest BCUT2D eigenvalue weighted by molar-refractivity contribution is 7.98. The second-order valence-electron chi connectivity index (χ2n) is 5.19. The van der Waals surface area contributed by atoms with Crippen molar-refractivity contribution in [3.8, 4) is 5.69 Å². The Morgan fingerprint density at radius 1 is 1.13 bits per heavy atom. The molecule has 3 aromatic heterocycles. The van der Waals surface area contributed by atoms with Crippen molar-refractivity contribution in [2.24, 2.45) is 0 Å². The van der Waals surface area contributed by atoms with Crippen molar-refractivity contribution in [2.75, 3.05) is 6.26 Å². The smallest absolute Gasteiger partial charge is 0.266 e. The first-order valence-corrected chi connectivity index (χ1v) is 8.28. The van der Waals surface area contributed by atoms with Crippen LogP contribution in [0.25, 0.3) is 22.4 Å². The average Bonchev–Trinajstić information content (AvgIpc) is 3.00. The van der Waals surface area contributed by atoms with E-state index in [-0.39, 0.29) is 5.56 Å². The van der Waals surface area contributed by atoms with Crippen LogP contribution in [0.1, 0.15) is 5.56 Å². The Hall–Kier alpha value is -2.67. The van der Waals surface area contributed by atoms with E-state index in [1.165, 1.54) is 11.8 Å². The van der Waals surface area contributed by atoms with Crippen LogP contribution in [-0.2, 0) is 0 Å². The van der Waals surface area contributed by atoms with Crippen molar-refractivity contribution in [1.29, 1.82) is 0 Å². The third kappa shape index (κ3) is 2.20. The van der Waals surface area contributed by atoms with Crippen LogP contribution in [0.15, 0.2) is 52.7 Å². The van der Waals surface area contributed by atoms with Gasteiger partial charge < -0.3 is 0 Å². The van der Waals surface area contributed by atoms with Crippen molar-refractivity contribution in [1.82, 2.24) is 24.1 Å². The molecule has 3 heterocycles. The predicted molar refractivity (Wildman–Crippen MR) is 90.4 cm³/mol. The van der Waals surface area contributed by atoms with Gasteiger partial charge in [-0.15, -0.1) is 5.10 Å². The molecule has 0 saturated heterocycles. The lowest BCUT2D eigenvalue weighted by molar-refractivity contribution is 0.904. The molecule has 0 radical (unpaired) electrons. The fraction of sp³-hybridized carbons (Fsp3) is 0.125. The minimum atomic E-state index is -0.123. The van der Waals surface area contributed by atoms with Crippen LogP contribution in [0, 0.1) is 6.92 Å². The van der Waals surface area contributed by atoms with E-state index in [0.717, 1.165) is 11.3 Å². The molecule has 0 unspecified atom stereocenters. The molecule has 4 rings (SSSR count). The average molecular weight is 323 g/mol. The summed E-state index contributed by atoms with van der Waals surface area (Å²) >= 11 is 1.44. The molecule has 0 bridgehead atoms. The summed E-state index contributed by atoms with van der Waals surface area (Å²) in [6.07, 6.45) is 5.23. The summed E-state index contributed by atoms with van der Waals surface area (Å²) in [7, 11) is 0. The third-order valence-corrected chi connectivity index (χ3v) is 4.25. The molecule has 1 aromatic carbocycles. The second kappa shape index (κ2) is 5.20. The van der Waals surface area contributed by atoms with E-state index in [0.29, 0.717) is 21.8 Å². The minimum absolute atomic E-state index is 0.123. The number of hydrogen-bond donors (Lipinski definition) is 0. The molecule has 6 nitrogen and oxygen atoms in total. The molecular weight excluding hydrogens is 310 g/mol. The zero-order chi connectivity index (χ0) is 16.0. The topological polar surface area (TPSA) is 65.1 Å². The third-order valence-electron chi connectivity index (χ3n) is 3.71. The van der Waals surface area contributed by atoms with Gasteiger partial charge in [-0.2, -0.15) is 9.50 Å². The van der Waals surface area contributed by atoms with Gasteiger partial charge in [-0.1, -0.05) is 29.5 Å². The molecule has 0 amide bonds. The fourth-order valence-electron chi connectivity index (χ4n) is 2.50. The summed E-state index contributed by atoms with van der Waals surface area (Å²) in [6.45, 7) is 2.02. The van der Waals surface area contributed by atoms with E-state index in [9.17, 15) is 4.79 Å². The Labute approximate surface area is 135 Å². The van der Waals surface area contributed by atoms with Gasteiger partial charge >= 0.3 is 0 Å². The molecule has 0 aliphatic heterocycles. The summed E-state index contributed by atoms with van der Waals surface area (Å²) in [5.41, 5.74) is 2.56. The summed E-state index contributed by atoms with van der Waals surface area (Å²) in [5.74, 6) is 0.495. The van der Waals surface area contributed by atoms with Gasteiger partial charge in [-0.3, -0.25) is 9.36 Å². The molecular formula is C16H13N5OS. The Morgan fingerprint density at radius 2 is 1.91 bits per heavy atom. The molecule has 0 fully saturated rings. The quantitative estimate of drug-likeness (QED) is 0.530. The Morgan fingerprint density at radius 3 is 2.65 bits per heavy atom. The number of aryl methyl sites for hydroxylation is 1. The number of rotatable bonds is 2. The molecule has 0 aliphatic rings. The first-order chi connectivity index (χ1) is 11.2. The Bertz CT molecular complexity index is 1080. The molecule has 114 valence electrons. The van der Waals surface area contributed by atoms with Crippen molar-refractivity contribution >= 4 is 28.4 Å². The highest BCUT2D eigenvalue weighted by Crippen LogP contribution is 2.16. The molecule has 0 aliphatic carbocycles. The summed E-state index contributed by atoms with van der Waals surface area (Å²) in [6, 6.07) is 9.68. The SMILES string of the molecule is CSc1nc2ncc3c(=O)n(-c4ccc(C)cc4)ccc3n2n1. The largest absolute Gasteiger partial charge is 0.284 e. The van der Waals surface area contributed by atoms with Crippen LogP contribution < -0.4 is 5.56 Å². The summed E-state index contributed by atoms with van der Waals surface area (Å²) in [4.78, 5) is 21.3. The van der Waals surface area contributed by atoms with Crippen LogP contribution in [0.2, 0.25) is 0 Å². The maximum atomic E-state index is 12.8. The standard InChI is InChI=1S/C16H13N5OS/c1-10-3-5-11(6-4-10)20-8-7-13-12(14(20)22)9-17-15-18-16(23-2)19-21(13)15/h3-9H,1-2H3. The maximum absolute atomic E-state index is 12.8. The molecule has 7 heteroatoms. The van der Waals surface area contributed by atoms with Gasteiger partial charge in [0.05, 0.1) is 10.9 Å². The van der Waals surface area contributed by atoms with Gasteiger partial charge in [0.2, 0.25) is 5.16 Å². The lowest BCUT2D eigenvalue weighted by Crippen LogP contribution is -2.18. The van der Waals surface area contributed by atoms with Gasteiger partial charge in [0.25, 0.3) is 11.3 Å². The Kier molecular flexibility index (Phi) is 3.16. The number of nitrogens with zero attached hydrogens (tertiary/aromatic N) is 5. The molecule has 4 aromatic rings. The van der Waals surface area contributed by atoms with Gasteiger partial charge in [0.1, 0.15) is 0 Å². The monoisotopic (exact) mass is 323 g/mol. The normalized spacial score (nSPS) is 11.4. The van der Waals surface area contributed by atoms with Crippen molar-refractivity contribution in [2.45, 2.75) is 12.1 Å². The number of hydrogen-bond acceptors (Lipinski definition) is 5. The van der Waals surface area contributed by atoms with Gasteiger partial charge in [-0.05, 0) is 31.4 Å². The lowest BCUT2D eigenvalue weighted by atomic mass is 10.2. The first-order valence-electron chi connectivity index (χ1n) is 7.05. The van der Waals surface area contributed by atoms with E-state index in [1.54, 1.807) is 21.5 Å². The summed E-state index contributed by atoms with van der Waals surface area (Å²) in [5, 5.41) is 5.52. The van der Waals surface area contributed by atoms with Crippen LogP contribution in [0.3, 0.4) is 0 Å². The van der Waals surface area contributed by atoms with E-state index in [2.05, 4.69) is 15.1 Å². The first kappa shape index (κ1) is 14.0. The van der Waals surface area contributed by atoms with Gasteiger partial charge in [0, 0.05) is 18.1 Å². The lowest BCUT2D eigenvalue weighted by Gasteiger charge is -2.07. The van der Waals surface area contributed by atoms with Crippen LogP contribution in [-0.4, -0.2) is 30.4 Å². The van der Waals surface area contributed by atoms with Crippen molar-refractivity contribution < 1.29 is 0 Å².